The molecule has 28 heavy (non-hydrogen) atoms. The Kier molecular flexibility index (Phi) is 8.30. The summed E-state index contributed by atoms with van der Waals surface area (Å²) >= 11 is 35.1. The number of rotatable bonds is 5. The molecule has 2 rings (SSSR count). The summed E-state index contributed by atoms with van der Waals surface area (Å²) < 4.78 is 3.32. The van der Waals surface area contributed by atoms with Crippen molar-refractivity contribution >= 4 is 86.9 Å². The minimum atomic E-state index is -1.92. The van der Waals surface area contributed by atoms with Gasteiger partial charge in [0.25, 0.3) is 5.91 Å². The number of methoxy groups -OCH3 is 1. The van der Waals surface area contributed by atoms with Crippen molar-refractivity contribution in [2.45, 2.75) is 9.96 Å². The van der Waals surface area contributed by atoms with E-state index in [0.29, 0.717) is 16.5 Å². The van der Waals surface area contributed by atoms with Gasteiger partial charge in [0, 0.05) is 5.02 Å². The number of carbonyl (C=O) groups excluding carboxylic acids is 1. The Morgan fingerprint density at radius 1 is 1.11 bits per heavy atom. The van der Waals surface area contributed by atoms with E-state index in [1.54, 1.807) is 24.3 Å². The summed E-state index contributed by atoms with van der Waals surface area (Å²) in [5.41, 5.74) is 0.758. The summed E-state index contributed by atoms with van der Waals surface area (Å²) in [5.74, 6) is -0.0142. The van der Waals surface area contributed by atoms with Gasteiger partial charge in [0.15, 0.2) is 5.11 Å². The average Bonchev–Trinajstić information content (AvgIpc) is 2.60. The van der Waals surface area contributed by atoms with Crippen molar-refractivity contribution in [2.75, 3.05) is 12.4 Å². The highest BCUT2D eigenvalue weighted by molar-refractivity contribution is 7.80. The topological polar surface area (TPSA) is 62.4 Å². The highest BCUT2D eigenvalue weighted by atomic mass is 35.6. The van der Waals surface area contributed by atoms with E-state index in [2.05, 4.69) is 16.0 Å². The second-order valence-corrected chi connectivity index (χ2v) is 8.99. The number of ether oxygens (including phenoxy) is 1. The number of nitrogens with one attached hydrogen (secondary N) is 3. The molecule has 0 spiro atoms. The number of anilines is 1. The maximum Gasteiger partial charge on any atom is 0.254 e. The third-order valence-electron chi connectivity index (χ3n) is 3.41. The molecule has 1 atom stereocenters. The van der Waals surface area contributed by atoms with Crippen LogP contribution in [-0.2, 0) is 0 Å². The standard InChI is InChI=1S/C17H14Cl5N3O2S/c1-27-13-5-3-2-4-12(13)23-16(28)25-15(17(20,21)22)24-14(26)10-7-6-9(18)8-11(10)19/h2-8,15H,1H3,(H,24,26)(H2,23,25,28). The van der Waals surface area contributed by atoms with Crippen LogP contribution in [0.4, 0.5) is 5.69 Å². The lowest BCUT2D eigenvalue weighted by molar-refractivity contribution is 0.0934. The lowest BCUT2D eigenvalue weighted by Crippen LogP contribution is -2.56. The van der Waals surface area contributed by atoms with E-state index in [1.165, 1.54) is 25.3 Å². The number of carbonyl (C=O) groups is 1. The molecule has 1 amide bonds. The van der Waals surface area contributed by atoms with Gasteiger partial charge in [0.1, 0.15) is 11.9 Å². The molecule has 3 N–H and O–H groups in total. The van der Waals surface area contributed by atoms with Crippen LogP contribution in [0.2, 0.25) is 10.0 Å². The molecule has 5 nitrogen and oxygen atoms in total. The molecule has 0 aromatic heterocycles. The Balaban J connectivity index is 2.13. The van der Waals surface area contributed by atoms with Crippen LogP contribution < -0.4 is 20.7 Å². The van der Waals surface area contributed by atoms with Crippen molar-refractivity contribution in [1.29, 1.82) is 0 Å². The molecule has 1 unspecified atom stereocenters. The fourth-order valence-electron chi connectivity index (χ4n) is 2.12. The highest BCUT2D eigenvalue weighted by Crippen LogP contribution is 2.30. The first-order chi connectivity index (χ1) is 13.1. The first kappa shape index (κ1) is 23.1. The molecule has 0 fully saturated rings. The zero-order valence-electron chi connectivity index (χ0n) is 14.2. The van der Waals surface area contributed by atoms with Gasteiger partial charge in [-0.25, -0.2) is 0 Å². The second-order valence-electron chi connectivity index (χ2n) is 5.37. The summed E-state index contributed by atoms with van der Waals surface area (Å²) in [6.45, 7) is 0. The van der Waals surface area contributed by atoms with E-state index < -0.39 is 15.9 Å². The van der Waals surface area contributed by atoms with Crippen molar-refractivity contribution in [3.8, 4) is 5.75 Å². The quantitative estimate of drug-likeness (QED) is 0.290. The van der Waals surface area contributed by atoms with Gasteiger partial charge < -0.3 is 20.7 Å². The van der Waals surface area contributed by atoms with Crippen LogP contribution in [0.15, 0.2) is 42.5 Å². The van der Waals surface area contributed by atoms with Gasteiger partial charge in [0.05, 0.1) is 23.4 Å². The number of halogens is 5. The monoisotopic (exact) mass is 499 g/mol. The Morgan fingerprint density at radius 2 is 1.79 bits per heavy atom. The molecule has 0 heterocycles. The summed E-state index contributed by atoms with van der Waals surface area (Å²) in [6.07, 6.45) is -1.16. The summed E-state index contributed by atoms with van der Waals surface area (Å²) in [4.78, 5) is 12.5. The van der Waals surface area contributed by atoms with E-state index in [9.17, 15) is 4.79 Å². The van der Waals surface area contributed by atoms with Crippen molar-refractivity contribution in [3.63, 3.8) is 0 Å². The van der Waals surface area contributed by atoms with Crippen molar-refractivity contribution in [1.82, 2.24) is 10.6 Å². The predicted octanol–water partition coefficient (Wildman–Crippen LogP) is 5.41. The van der Waals surface area contributed by atoms with Crippen molar-refractivity contribution in [2.24, 2.45) is 0 Å². The van der Waals surface area contributed by atoms with E-state index in [-0.39, 0.29) is 15.7 Å². The normalized spacial score (nSPS) is 12.1. The van der Waals surface area contributed by atoms with Crippen molar-refractivity contribution < 1.29 is 9.53 Å². The number of hydrogen-bond donors (Lipinski definition) is 3. The largest absolute Gasteiger partial charge is 0.495 e. The van der Waals surface area contributed by atoms with Gasteiger partial charge in [-0.2, -0.15) is 0 Å². The van der Waals surface area contributed by atoms with Gasteiger partial charge in [0.2, 0.25) is 3.79 Å². The Labute approximate surface area is 192 Å². The predicted molar refractivity (Wildman–Crippen MR) is 120 cm³/mol. The first-order valence-electron chi connectivity index (χ1n) is 7.65. The molecule has 2 aromatic rings. The number of benzene rings is 2. The smallest absolute Gasteiger partial charge is 0.254 e. The molecule has 0 aliphatic carbocycles. The molecule has 0 aliphatic heterocycles. The Bertz CT molecular complexity index is 876. The van der Waals surface area contributed by atoms with Crippen LogP contribution in [0.25, 0.3) is 0 Å². The second kappa shape index (κ2) is 10.1. The summed E-state index contributed by atoms with van der Waals surface area (Å²) in [6, 6.07) is 11.5. The lowest BCUT2D eigenvalue weighted by atomic mass is 10.2. The van der Waals surface area contributed by atoms with Gasteiger partial charge in [-0.15, -0.1) is 0 Å². The van der Waals surface area contributed by atoms with Crippen LogP contribution in [0.5, 0.6) is 5.75 Å². The Morgan fingerprint density at radius 3 is 2.39 bits per heavy atom. The van der Waals surface area contributed by atoms with E-state index in [0.717, 1.165) is 0 Å². The van der Waals surface area contributed by atoms with Gasteiger partial charge in [-0.1, -0.05) is 70.1 Å². The van der Waals surface area contributed by atoms with Gasteiger partial charge in [-0.3, -0.25) is 4.79 Å². The zero-order chi connectivity index (χ0) is 20.9. The number of hydrogen-bond acceptors (Lipinski definition) is 3. The fraction of sp³-hybridized carbons (Fsp3) is 0.176. The third-order valence-corrected chi connectivity index (χ3v) is 4.83. The van der Waals surface area contributed by atoms with Crippen LogP contribution in [0.3, 0.4) is 0 Å². The molecule has 0 bridgehead atoms. The molecule has 0 aliphatic rings. The molecular formula is C17H14Cl5N3O2S. The lowest BCUT2D eigenvalue weighted by Gasteiger charge is -2.28. The summed E-state index contributed by atoms with van der Waals surface area (Å²) in [7, 11) is 1.52. The maximum atomic E-state index is 12.5. The number of para-hydroxylation sites is 2. The minimum absolute atomic E-state index is 0.100. The van der Waals surface area contributed by atoms with Gasteiger partial charge in [-0.05, 0) is 42.5 Å². The third kappa shape index (κ3) is 6.44. The van der Waals surface area contributed by atoms with E-state index in [4.69, 9.17) is 75.0 Å². The van der Waals surface area contributed by atoms with E-state index in [1.807, 2.05) is 0 Å². The van der Waals surface area contributed by atoms with Crippen LogP contribution in [0.1, 0.15) is 10.4 Å². The molecule has 0 radical (unpaired) electrons. The first-order valence-corrected chi connectivity index (χ1v) is 9.95. The average molecular weight is 502 g/mol. The van der Waals surface area contributed by atoms with Crippen LogP contribution in [0, 0.1) is 0 Å². The highest BCUT2D eigenvalue weighted by Gasteiger charge is 2.35. The molecule has 11 heteroatoms. The van der Waals surface area contributed by atoms with E-state index >= 15 is 0 Å². The maximum absolute atomic E-state index is 12.5. The zero-order valence-corrected chi connectivity index (χ0v) is 18.8. The SMILES string of the molecule is COc1ccccc1NC(=S)NC(NC(=O)c1ccc(Cl)cc1Cl)C(Cl)(Cl)Cl. The molecule has 2 aromatic carbocycles. The number of alkyl halides is 3. The summed E-state index contributed by atoms with van der Waals surface area (Å²) in [5, 5.41) is 8.87. The molecule has 0 saturated carbocycles. The molecule has 0 saturated heterocycles. The number of thiocarbonyl (C=S) groups is 1. The van der Waals surface area contributed by atoms with Crippen LogP contribution >= 0.6 is 70.2 Å². The Hall–Kier alpha value is -1.15. The van der Waals surface area contributed by atoms with Crippen LogP contribution in [-0.4, -0.2) is 28.1 Å². The minimum Gasteiger partial charge on any atom is -0.495 e. The number of amides is 1. The molecular weight excluding hydrogens is 488 g/mol. The van der Waals surface area contributed by atoms with Crippen molar-refractivity contribution in [3.05, 3.63) is 58.1 Å². The fourth-order valence-corrected chi connectivity index (χ4v) is 3.17. The molecule has 150 valence electrons. The van der Waals surface area contributed by atoms with Gasteiger partial charge >= 0.3 is 0 Å².